The van der Waals surface area contributed by atoms with Crippen LogP contribution >= 0.6 is 0 Å². The minimum atomic E-state index is 0.0597. The minimum absolute atomic E-state index is 0.0597. The molecule has 1 atom stereocenters. The van der Waals surface area contributed by atoms with Crippen LogP contribution in [0.4, 0.5) is 0 Å². The van der Waals surface area contributed by atoms with Gasteiger partial charge in [0.05, 0.1) is 13.1 Å². The number of carbonyl (C=O) groups is 1. The Bertz CT molecular complexity index is 470. The fourth-order valence-corrected chi connectivity index (χ4v) is 2.29. The number of nitrogens with one attached hydrogen (secondary N) is 1. The molecular formula is C10H10N4O. The van der Waals surface area contributed by atoms with Crippen LogP contribution in [0, 0.1) is 11.3 Å². The van der Waals surface area contributed by atoms with Gasteiger partial charge in [-0.15, -0.1) is 0 Å². The summed E-state index contributed by atoms with van der Waals surface area (Å²) in [5, 5.41) is 11.8. The van der Waals surface area contributed by atoms with E-state index in [2.05, 4.69) is 16.3 Å². The van der Waals surface area contributed by atoms with Crippen molar-refractivity contribution >= 4 is 5.91 Å². The number of fused-ring (bicyclic) bond motifs is 2. The van der Waals surface area contributed by atoms with Crippen molar-refractivity contribution in [3.8, 4) is 6.07 Å². The highest BCUT2D eigenvalue weighted by molar-refractivity contribution is 5.80. The van der Waals surface area contributed by atoms with Crippen molar-refractivity contribution in [3.05, 3.63) is 23.5 Å². The average molecular weight is 202 g/mol. The van der Waals surface area contributed by atoms with E-state index in [1.165, 1.54) is 0 Å². The van der Waals surface area contributed by atoms with Gasteiger partial charge in [0.1, 0.15) is 17.9 Å². The van der Waals surface area contributed by atoms with Gasteiger partial charge in [-0.3, -0.25) is 9.69 Å². The predicted octanol–water partition coefficient (Wildman–Crippen LogP) is -0.369. The Kier molecular flexibility index (Phi) is 1.61. The van der Waals surface area contributed by atoms with Crippen molar-refractivity contribution in [3.63, 3.8) is 0 Å². The zero-order chi connectivity index (χ0) is 10.4. The third-order valence-electron chi connectivity index (χ3n) is 3.02. The van der Waals surface area contributed by atoms with E-state index in [1.54, 1.807) is 0 Å². The van der Waals surface area contributed by atoms with Crippen LogP contribution in [0.15, 0.2) is 12.1 Å². The topological polar surface area (TPSA) is 61.1 Å². The van der Waals surface area contributed by atoms with Crippen molar-refractivity contribution in [2.45, 2.75) is 19.3 Å². The molecule has 1 aromatic heterocycles. The SMILES string of the molecule is N#Cc1ccc2n1CC1NC(=O)CN1C2. The highest BCUT2D eigenvalue weighted by Crippen LogP contribution is 2.21. The number of rotatable bonds is 0. The van der Waals surface area contributed by atoms with Gasteiger partial charge in [0.2, 0.25) is 5.91 Å². The lowest BCUT2D eigenvalue weighted by Gasteiger charge is -2.30. The van der Waals surface area contributed by atoms with Crippen LogP contribution in [0.3, 0.4) is 0 Å². The summed E-state index contributed by atoms with van der Waals surface area (Å²) in [5.74, 6) is 0.0734. The normalized spacial score (nSPS) is 24.2. The van der Waals surface area contributed by atoms with Gasteiger partial charge < -0.3 is 9.88 Å². The fraction of sp³-hybridized carbons (Fsp3) is 0.400. The van der Waals surface area contributed by atoms with E-state index in [4.69, 9.17) is 5.26 Å². The van der Waals surface area contributed by atoms with Gasteiger partial charge in [0, 0.05) is 12.2 Å². The second kappa shape index (κ2) is 2.84. The average Bonchev–Trinajstić information content (AvgIpc) is 2.75. The molecule has 0 bridgehead atoms. The standard InChI is InChI=1S/C10H10N4O/c11-3-7-1-2-8-4-13-6-10(15)12-9(13)5-14(7)8/h1-2,9H,4-6H2,(H,12,15). The van der Waals surface area contributed by atoms with Gasteiger partial charge in [-0.1, -0.05) is 0 Å². The van der Waals surface area contributed by atoms with E-state index < -0.39 is 0 Å². The van der Waals surface area contributed by atoms with Gasteiger partial charge in [-0.25, -0.2) is 0 Å². The Labute approximate surface area is 86.9 Å². The maximum absolute atomic E-state index is 11.2. The Morgan fingerprint density at radius 2 is 2.33 bits per heavy atom. The second-order valence-electron chi connectivity index (χ2n) is 3.92. The third kappa shape index (κ3) is 1.15. The molecule has 3 rings (SSSR count). The molecule has 76 valence electrons. The lowest BCUT2D eigenvalue weighted by Crippen LogP contribution is -2.43. The van der Waals surface area contributed by atoms with Crippen molar-refractivity contribution in [2.24, 2.45) is 0 Å². The highest BCUT2D eigenvalue weighted by atomic mass is 16.2. The van der Waals surface area contributed by atoms with E-state index in [1.807, 2.05) is 16.7 Å². The number of nitrogens with zero attached hydrogens (tertiary/aromatic N) is 3. The molecule has 0 radical (unpaired) electrons. The summed E-state index contributed by atoms with van der Waals surface area (Å²) in [7, 11) is 0. The summed E-state index contributed by atoms with van der Waals surface area (Å²) in [5.41, 5.74) is 1.78. The quantitative estimate of drug-likeness (QED) is 0.624. The first-order valence-corrected chi connectivity index (χ1v) is 4.90. The summed E-state index contributed by atoms with van der Waals surface area (Å²) in [6.45, 7) is 1.89. The van der Waals surface area contributed by atoms with Crippen LogP contribution in [0.5, 0.6) is 0 Å². The van der Waals surface area contributed by atoms with Gasteiger partial charge in [0.25, 0.3) is 0 Å². The summed E-state index contributed by atoms with van der Waals surface area (Å²) >= 11 is 0. The first kappa shape index (κ1) is 8.50. The highest BCUT2D eigenvalue weighted by Gasteiger charge is 2.34. The van der Waals surface area contributed by atoms with E-state index in [-0.39, 0.29) is 12.1 Å². The van der Waals surface area contributed by atoms with Crippen LogP contribution in [0.25, 0.3) is 0 Å². The van der Waals surface area contributed by atoms with E-state index in [0.29, 0.717) is 18.8 Å². The number of nitriles is 1. The number of carbonyl (C=O) groups excluding carboxylic acids is 1. The Morgan fingerprint density at radius 3 is 3.13 bits per heavy atom. The summed E-state index contributed by atoms with van der Waals surface area (Å²) in [6.07, 6.45) is 0.0597. The predicted molar refractivity (Wildman–Crippen MR) is 51.5 cm³/mol. The molecule has 1 unspecified atom stereocenters. The molecule has 15 heavy (non-hydrogen) atoms. The lowest BCUT2D eigenvalue weighted by atomic mass is 10.3. The zero-order valence-electron chi connectivity index (χ0n) is 8.10. The van der Waals surface area contributed by atoms with Crippen LogP contribution in [-0.2, 0) is 17.9 Å². The summed E-state index contributed by atoms with van der Waals surface area (Å²) in [6, 6.07) is 5.95. The molecule has 2 aliphatic heterocycles. The smallest absolute Gasteiger partial charge is 0.235 e. The molecule has 0 aliphatic carbocycles. The molecule has 1 aromatic rings. The molecule has 2 aliphatic rings. The first-order chi connectivity index (χ1) is 7.28. The van der Waals surface area contributed by atoms with E-state index >= 15 is 0 Å². The molecule has 5 nitrogen and oxygen atoms in total. The molecule has 5 heteroatoms. The first-order valence-electron chi connectivity index (χ1n) is 4.90. The Hall–Kier alpha value is -1.80. The third-order valence-corrected chi connectivity index (χ3v) is 3.02. The summed E-state index contributed by atoms with van der Waals surface area (Å²) < 4.78 is 1.98. The number of amides is 1. The largest absolute Gasteiger partial charge is 0.338 e. The summed E-state index contributed by atoms with van der Waals surface area (Å²) in [4.78, 5) is 13.3. The van der Waals surface area contributed by atoms with Gasteiger partial charge >= 0.3 is 0 Å². The van der Waals surface area contributed by atoms with E-state index in [0.717, 1.165) is 12.2 Å². The molecule has 3 heterocycles. The van der Waals surface area contributed by atoms with Crippen LogP contribution in [0.2, 0.25) is 0 Å². The van der Waals surface area contributed by atoms with Gasteiger partial charge in [0.15, 0.2) is 0 Å². The monoisotopic (exact) mass is 202 g/mol. The van der Waals surface area contributed by atoms with Crippen LogP contribution in [0.1, 0.15) is 11.4 Å². The zero-order valence-corrected chi connectivity index (χ0v) is 8.10. The Balaban J connectivity index is 1.98. The molecule has 0 spiro atoms. The van der Waals surface area contributed by atoms with Crippen molar-refractivity contribution in [1.82, 2.24) is 14.8 Å². The number of hydrogen-bond donors (Lipinski definition) is 1. The maximum atomic E-state index is 11.2. The molecule has 1 fully saturated rings. The van der Waals surface area contributed by atoms with Crippen LogP contribution < -0.4 is 5.32 Å². The van der Waals surface area contributed by atoms with Gasteiger partial charge in [-0.2, -0.15) is 5.26 Å². The van der Waals surface area contributed by atoms with Crippen LogP contribution in [-0.4, -0.2) is 28.1 Å². The molecule has 1 saturated heterocycles. The lowest BCUT2D eigenvalue weighted by molar-refractivity contribution is -0.118. The molecule has 1 N–H and O–H groups in total. The van der Waals surface area contributed by atoms with Gasteiger partial charge in [-0.05, 0) is 12.1 Å². The van der Waals surface area contributed by atoms with E-state index in [9.17, 15) is 4.79 Å². The second-order valence-corrected chi connectivity index (χ2v) is 3.92. The van der Waals surface area contributed by atoms with Crippen molar-refractivity contribution < 1.29 is 4.79 Å². The minimum Gasteiger partial charge on any atom is -0.338 e. The maximum Gasteiger partial charge on any atom is 0.235 e. The molecule has 0 saturated carbocycles. The number of aromatic nitrogens is 1. The van der Waals surface area contributed by atoms with Crippen molar-refractivity contribution in [1.29, 1.82) is 5.26 Å². The molecule has 1 amide bonds. The number of hydrogen-bond acceptors (Lipinski definition) is 3. The molecule has 0 aromatic carbocycles. The Morgan fingerprint density at radius 1 is 1.47 bits per heavy atom. The fourth-order valence-electron chi connectivity index (χ4n) is 2.29. The van der Waals surface area contributed by atoms with Crippen molar-refractivity contribution in [2.75, 3.05) is 6.54 Å². The molecular weight excluding hydrogens is 192 g/mol.